The second-order valence-corrected chi connectivity index (χ2v) is 5.26. The normalized spacial score (nSPS) is 10.5. The minimum atomic E-state index is 0.00722. The van der Waals surface area contributed by atoms with Crippen molar-refractivity contribution >= 4 is 11.6 Å². The molecule has 116 valence electrons. The van der Waals surface area contributed by atoms with E-state index in [1.165, 1.54) is 0 Å². The molecular weight excluding hydrogens is 290 g/mol. The molecule has 3 aromatic rings. The minimum absolute atomic E-state index is 0.00722. The van der Waals surface area contributed by atoms with Gasteiger partial charge in [-0.15, -0.1) is 10.2 Å². The van der Waals surface area contributed by atoms with Gasteiger partial charge in [0.15, 0.2) is 0 Å². The topological polar surface area (TPSA) is 59.2 Å². The Morgan fingerprint density at radius 1 is 1.04 bits per heavy atom. The van der Waals surface area contributed by atoms with E-state index < -0.39 is 0 Å². The van der Waals surface area contributed by atoms with Gasteiger partial charge in [-0.2, -0.15) is 0 Å². The quantitative estimate of drug-likeness (QED) is 0.739. The monoisotopic (exact) mass is 307 g/mol. The fourth-order valence-corrected chi connectivity index (χ4v) is 2.34. The summed E-state index contributed by atoms with van der Waals surface area (Å²) in [5.41, 5.74) is 2.78. The van der Waals surface area contributed by atoms with Gasteiger partial charge in [0, 0.05) is 25.1 Å². The van der Waals surface area contributed by atoms with Crippen LogP contribution in [-0.4, -0.2) is 16.1 Å². The summed E-state index contributed by atoms with van der Waals surface area (Å²) in [5, 5.41) is 7.83. The molecule has 0 aliphatic carbocycles. The molecule has 0 aliphatic heterocycles. The third-order valence-corrected chi connectivity index (χ3v) is 3.52. The number of para-hydroxylation sites is 1. The van der Waals surface area contributed by atoms with Crippen LogP contribution in [-0.2, 0) is 11.3 Å². The highest BCUT2D eigenvalue weighted by Gasteiger charge is 2.12. The first-order valence-electron chi connectivity index (χ1n) is 7.36. The number of nitrogens with zero attached hydrogens (tertiary/aromatic N) is 3. The molecule has 1 aromatic heterocycles. The number of hydrogen-bond donors (Lipinski definition) is 0. The maximum Gasteiger partial charge on any atom is 0.247 e. The lowest BCUT2D eigenvalue weighted by atomic mass is 10.1. The fraction of sp³-hybridized carbons (Fsp3) is 0.167. The largest absolute Gasteiger partial charge is 0.421 e. The molecular formula is C18H17N3O2. The van der Waals surface area contributed by atoms with E-state index in [1.807, 2.05) is 54.6 Å². The number of aromatic nitrogens is 2. The average Bonchev–Trinajstić information content (AvgIpc) is 3.00. The van der Waals surface area contributed by atoms with Gasteiger partial charge >= 0.3 is 0 Å². The SMILES string of the molecule is CC(=O)N(Cc1ccc(-c2nnc(C)o2)cc1)c1ccccc1. The molecule has 5 heteroatoms. The summed E-state index contributed by atoms with van der Waals surface area (Å²) in [5.74, 6) is 1.05. The second kappa shape index (κ2) is 6.44. The van der Waals surface area contributed by atoms with E-state index in [-0.39, 0.29) is 5.91 Å². The van der Waals surface area contributed by atoms with Crippen molar-refractivity contribution in [3.8, 4) is 11.5 Å². The lowest BCUT2D eigenvalue weighted by Gasteiger charge is -2.21. The van der Waals surface area contributed by atoms with Crippen LogP contribution in [0.3, 0.4) is 0 Å². The van der Waals surface area contributed by atoms with Crippen LogP contribution in [0.2, 0.25) is 0 Å². The van der Waals surface area contributed by atoms with Gasteiger partial charge in [0.05, 0.1) is 6.54 Å². The molecule has 5 nitrogen and oxygen atoms in total. The Kier molecular flexibility index (Phi) is 4.19. The molecule has 0 saturated carbocycles. The van der Waals surface area contributed by atoms with Crippen LogP contribution in [0.1, 0.15) is 18.4 Å². The highest BCUT2D eigenvalue weighted by Crippen LogP contribution is 2.21. The Balaban J connectivity index is 1.80. The highest BCUT2D eigenvalue weighted by atomic mass is 16.4. The van der Waals surface area contributed by atoms with E-state index in [4.69, 9.17) is 4.42 Å². The van der Waals surface area contributed by atoms with Crippen molar-refractivity contribution in [2.45, 2.75) is 20.4 Å². The van der Waals surface area contributed by atoms with Crippen LogP contribution in [0, 0.1) is 6.92 Å². The summed E-state index contributed by atoms with van der Waals surface area (Å²) >= 11 is 0. The molecule has 1 heterocycles. The maximum atomic E-state index is 11.9. The van der Waals surface area contributed by atoms with Gasteiger partial charge in [0.1, 0.15) is 0 Å². The molecule has 0 saturated heterocycles. The fourth-order valence-electron chi connectivity index (χ4n) is 2.34. The third-order valence-electron chi connectivity index (χ3n) is 3.52. The summed E-state index contributed by atoms with van der Waals surface area (Å²) in [6.45, 7) is 3.85. The van der Waals surface area contributed by atoms with Crippen LogP contribution in [0.25, 0.3) is 11.5 Å². The lowest BCUT2D eigenvalue weighted by Crippen LogP contribution is -2.27. The summed E-state index contributed by atoms with van der Waals surface area (Å²) in [6, 6.07) is 17.4. The zero-order valence-electron chi connectivity index (χ0n) is 13.1. The first-order valence-corrected chi connectivity index (χ1v) is 7.36. The first-order chi connectivity index (χ1) is 11.1. The number of anilines is 1. The van der Waals surface area contributed by atoms with Crippen LogP contribution in [0.5, 0.6) is 0 Å². The molecule has 23 heavy (non-hydrogen) atoms. The van der Waals surface area contributed by atoms with E-state index in [0.717, 1.165) is 16.8 Å². The second-order valence-electron chi connectivity index (χ2n) is 5.26. The summed E-state index contributed by atoms with van der Waals surface area (Å²) < 4.78 is 5.41. The van der Waals surface area contributed by atoms with Gasteiger partial charge < -0.3 is 9.32 Å². The van der Waals surface area contributed by atoms with Gasteiger partial charge in [-0.1, -0.05) is 30.3 Å². The summed E-state index contributed by atoms with van der Waals surface area (Å²) in [4.78, 5) is 13.7. The van der Waals surface area contributed by atoms with Crippen molar-refractivity contribution in [1.82, 2.24) is 10.2 Å². The lowest BCUT2D eigenvalue weighted by molar-refractivity contribution is -0.116. The Labute approximate surface area is 134 Å². The Bertz CT molecular complexity index is 795. The molecule has 0 fully saturated rings. The zero-order valence-corrected chi connectivity index (χ0v) is 13.1. The van der Waals surface area contributed by atoms with Gasteiger partial charge in [-0.05, 0) is 29.8 Å². The highest BCUT2D eigenvalue weighted by molar-refractivity contribution is 5.91. The van der Waals surface area contributed by atoms with Gasteiger partial charge in [-0.3, -0.25) is 4.79 Å². The number of benzene rings is 2. The Hall–Kier alpha value is -2.95. The summed E-state index contributed by atoms with van der Waals surface area (Å²) in [6.07, 6.45) is 0. The predicted molar refractivity (Wildman–Crippen MR) is 87.8 cm³/mol. The van der Waals surface area contributed by atoms with Crippen molar-refractivity contribution < 1.29 is 9.21 Å². The molecule has 0 aliphatic rings. The Morgan fingerprint density at radius 3 is 2.30 bits per heavy atom. The van der Waals surface area contributed by atoms with Crippen LogP contribution in [0.4, 0.5) is 5.69 Å². The number of rotatable bonds is 4. The number of aryl methyl sites for hydroxylation is 1. The van der Waals surface area contributed by atoms with E-state index in [2.05, 4.69) is 10.2 Å². The van der Waals surface area contributed by atoms with Gasteiger partial charge in [0.2, 0.25) is 17.7 Å². The van der Waals surface area contributed by atoms with Crippen molar-refractivity contribution in [2.75, 3.05) is 4.90 Å². The molecule has 2 aromatic carbocycles. The minimum Gasteiger partial charge on any atom is -0.421 e. The molecule has 0 radical (unpaired) electrons. The van der Waals surface area contributed by atoms with Crippen molar-refractivity contribution in [1.29, 1.82) is 0 Å². The van der Waals surface area contributed by atoms with Crippen LogP contribution < -0.4 is 4.90 Å². The van der Waals surface area contributed by atoms with Crippen LogP contribution in [0.15, 0.2) is 59.0 Å². The smallest absolute Gasteiger partial charge is 0.247 e. The van der Waals surface area contributed by atoms with E-state index in [1.54, 1.807) is 18.7 Å². The average molecular weight is 307 g/mol. The summed E-state index contributed by atoms with van der Waals surface area (Å²) in [7, 11) is 0. The molecule has 0 spiro atoms. The first kappa shape index (κ1) is 15.0. The van der Waals surface area contributed by atoms with E-state index in [9.17, 15) is 4.79 Å². The molecule has 0 unspecified atom stereocenters. The number of carbonyl (C=O) groups excluding carboxylic acids is 1. The predicted octanol–water partition coefficient (Wildman–Crippen LogP) is 3.60. The van der Waals surface area contributed by atoms with Crippen LogP contribution >= 0.6 is 0 Å². The van der Waals surface area contributed by atoms with Crippen molar-refractivity contribution in [3.63, 3.8) is 0 Å². The molecule has 0 N–H and O–H groups in total. The van der Waals surface area contributed by atoms with Crippen molar-refractivity contribution in [3.05, 3.63) is 66.1 Å². The molecule has 3 rings (SSSR count). The molecule has 0 bridgehead atoms. The zero-order chi connectivity index (χ0) is 16.2. The standard InChI is InChI=1S/C18H17N3O2/c1-13-19-20-18(23-13)16-10-8-15(9-11-16)12-21(14(2)22)17-6-4-3-5-7-17/h3-11H,12H2,1-2H3. The number of hydrogen-bond acceptors (Lipinski definition) is 4. The van der Waals surface area contributed by atoms with Crippen molar-refractivity contribution in [2.24, 2.45) is 0 Å². The number of carbonyl (C=O) groups is 1. The molecule has 0 atom stereocenters. The van der Waals surface area contributed by atoms with E-state index in [0.29, 0.717) is 18.3 Å². The third kappa shape index (κ3) is 3.45. The number of amides is 1. The molecule has 1 amide bonds. The maximum absolute atomic E-state index is 11.9. The van der Waals surface area contributed by atoms with E-state index >= 15 is 0 Å². The Morgan fingerprint density at radius 2 is 1.74 bits per heavy atom. The van der Waals surface area contributed by atoms with Gasteiger partial charge in [-0.25, -0.2) is 0 Å². The van der Waals surface area contributed by atoms with Gasteiger partial charge in [0.25, 0.3) is 0 Å².